The quantitative estimate of drug-likeness (QED) is 0.209. The van der Waals surface area contributed by atoms with E-state index in [0.29, 0.717) is 18.0 Å². The molecule has 0 amide bonds. The Morgan fingerprint density at radius 2 is 1.78 bits per heavy atom. The van der Waals surface area contributed by atoms with Crippen LogP contribution in [0.15, 0.2) is 48.5 Å². The topological polar surface area (TPSA) is 121 Å². The van der Waals surface area contributed by atoms with Crippen molar-refractivity contribution in [3.8, 4) is 5.75 Å². The fourth-order valence-corrected chi connectivity index (χ4v) is 4.16. The van der Waals surface area contributed by atoms with Crippen LogP contribution in [0.1, 0.15) is 43.7 Å². The number of hydrogen-bond acceptors (Lipinski definition) is 9. The molecule has 198 valence electrons. The van der Waals surface area contributed by atoms with Gasteiger partial charge in [0.2, 0.25) is 5.95 Å². The van der Waals surface area contributed by atoms with Crippen LogP contribution in [0, 0.1) is 0 Å². The molecule has 0 saturated carbocycles. The maximum Gasteiger partial charge on any atom is 0.359 e. The van der Waals surface area contributed by atoms with E-state index < -0.39 is 14.3 Å². The molecule has 0 radical (unpaired) electrons. The van der Waals surface area contributed by atoms with Gasteiger partial charge < -0.3 is 30.3 Å². The first-order valence-electron chi connectivity index (χ1n) is 12.2. The van der Waals surface area contributed by atoms with Crippen molar-refractivity contribution in [2.45, 2.75) is 52.4 Å². The second-order valence-corrected chi connectivity index (χ2v) is 14.9. The highest BCUT2D eigenvalue weighted by molar-refractivity contribution is 6.74. The van der Waals surface area contributed by atoms with Crippen molar-refractivity contribution in [1.29, 1.82) is 0 Å². The highest BCUT2D eigenvalue weighted by Gasteiger charge is 2.37. The number of nitrogens with two attached hydrogens (primary N) is 1. The molecule has 0 saturated heterocycles. The highest BCUT2D eigenvalue weighted by atomic mass is 28.4. The van der Waals surface area contributed by atoms with Gasteiger partial charge in [0.15, 0.2) is 19.8 Å². The van der Waals surface area contributed by atoms with E-state index in [0.717, 1.165) is 11.3 Å². The monoisotopic (exact) mass is 523 g/mol. The molecule has 2 aromatic carbocycles. The van der Waals surface area contributed by atoms with Gasteiger partial charge in [-0.05, 0) is 54.9 Å². The lowest BCUT2D eigenvalue weighted by atomic mass is 10.2. The molecule has 1 aromatic heterocycles. The molecule has 9 nitrogen and oxygen atoms in total. The van der Waals surface area contributed by atoms with Crippen LogP contribution >= 0.6 is 0 Å². The van der Waals surface area contributed by atoms with Crippen molar-refractivity contribution in [2.75, 3.05) is 30.1 Å². The third kappa shape index (κ3) is 6.99. The number of rotatable bonds is 10. The number of nitrogen functional groups attached to an aromatic ring is 1. The standard InChI is InChI=1S/C27H37N5O4Si/c1-8-35-25(33)23-22(28)24(30-20-14-9-10-15-21(20)34-5)32-26(31-23)29-19-13-11-12-18(16-19)17-36-37(6,7)27(2,3)4/h9-16H,8,17,28H2,1-7H3,(H2,29,30,31,32). The predicted molar refractivity (Wildman–Crippen MR) is 150 cm³/mol. The zero-order chi connectivity index (χ0) is 27.2. The van der Waals surface area contributed by atoms with Gasteiger partial charge in [0.25, 0.3) is 0 Å². The number of para-hydroxylation sites is 2. The Labute approximate surface area is 219 Å². The number of aromatic nitrogens is 2. The lowest BCUT2D eigenvalue weighted by Gasteiger charge is -2.36. The summed E-state index contributed by atoms with van der Waals surface area (Å²) in [4.78, 5) is 21.5. The Kier molecular flexibility index (Phi) is 8.77. The molecule has 3 rings (SSSR count). The van der Waals surface area contributed by atoms with E-state index in [2.05, 4.69) is 54.5 Å². The Bertz CT molecular complexity index is 1240. The predicted octanol–water partition coefficient (Wildman–Crippen LogP) is 6.25. The van der Waals surface area contributed by atoms with Crippen LogP contribution in [0.2, 0.25) is 18.1 Å². The number of nitrogens with zero attached hydrogens (tertiary/aromatic N) is 2. The number of esters is 1. The molecule has 0 unspecified atom stereocenters. The van der Waals surface area contributed by atoms with Gasteiger partial charge in [-0.2, -0.15) is 4.98 Å². The zero-order valence-electron chi connectivity index (χ0n) is 22.6. The summed E-state index contributed by atoms with van der Waals surface area (Å²) in [7, 11) is -0.323. The molecule has 0 atom stereocenters. The van der Waals surface area contributed by atoms with Crippen LogP contribution in [-0.4, -0.2) is 38.0 Å². The highest BCUT2D eigenvalue weighted by Crippen LogP contribution is 2.37. The summed E-state index contributed by atoms with van der Waals surface area (Å²) in [5.41, 5.74) is 8.73. The van der Waals surface area contributed by atoms with Gasteiger partial charge in [-0.15, -0.1) is 0 Å². The van der Waals surface area contributed by atoms with E-state index in [1.54, 1.807) is 14.0 Å². The third-order valence-electron chi connectivity index (χ3n) is 6.36. The summed E-state index contributed by atoms with van der Waals surface area (Å²) < 4.78 is 17.0. The van der Waals surface area contributed by atoms with E-state index in [9.17, 15) is 4.79 Å². The first-order valence-corrected chi connectivity index (χ1v) is 15.1. The van der Waals surface area contributed by atoms with Crippen molar-refractivity contribution in [3.63, 3.8) is 0 Å². The largest absolute Gasteiger partial charge is 0.495 e. The van der Waals surface area contributed by atoms with E-state index in [-0.39, 0.29) is 34.8 Å². The Balaban J connectivity index is 1.91. The van der Waals surface area contributed by atoms with Gasteiger partial charge in [-0.1, -0.05) is 45.0 Å². The zero-order valence-corrected chi connectivity index (χ0v) is 23.6. The molecule has 4 N–H and O–H groups in total. The van der Waals surface area contributed by atoms with Crippen molar-refractivity contribution >= 4 is 43.1 Å². The molecule has 37 heavy (non-hydrogen) atoms. The summed E-state index contributed by atoms with van der Waals surface area (Å²) in [6.45, 7) is 13.5. The van der Waals surface area contributed by atoms with Crippen LogP contribution < -0.4 is 21.1 Å². The summed E-state index contributed by atoms with van der Waals surface area (Å²) in [5.74, 6) is 0.409. The van der Waals surface area contributed by atoms with E-state index in [4.69, 9.17) is 19.6 Å². The van der Waals surface area contributed by atoms with Crippen molar-refractivity contribution in [3.05, 3.63) is 59.8 Å². The van der Waals surface area contributed by atoms with Crippen LogP contribution in [-0.2, 0) is 15.8 Å². The smallest absolute Gasteiger partial charge is 0.359 e. The average molecular weight is 524 g/mol. The Morgan fingerprint density at radius 3 is 2.46 bits per heavy atom. The van der Waals surface area contributed by atoms with Gasteiger partial charge in [-0.3, -0.25) is 0 Å². The molecule has 0 aliphatic heterocycles. The molecule has 0 bridgehead atoms. The molecule has 3 aromatic rings. The van der Waals surface area contributed by atoms with E-state index in [1.165, 1.54) is 0 Å². The summed E-state index contributed by atoms with van der Waals surface area (Å²) >= 11 is 0. The first kappa shape index (κ1) is 27.9. The second-order valence-electron chi connectivity index (χ2n) is 10.1. The minimum absolute atomic E-state index is 0.0332. The fraction of sp³-hybridized carbons (Fsp3) is 0.370. The minimum atomic E-state index is -1.89. The number of carbonyl (C=O) groups is 1. The molecule has 0 aliphatic carbocycles. The van der Waals surface area contributed by atoms with Crippen LogP contribution in [0.4, 0.5) is 28.8 Å². The maximum atomic E-state index is 12.6. The molecular weight excluding hydrogens is 486 g/mol. The SMILES string of the molecule is CCOC(=O)c1nc(Nc2cccc(CO[Si](C)(C)C(C)(C)C)c2)nc(Nc2ccccc2OC)c1N. The number of nitrogens with one attached hydrogen (secondary N) is 2. The van der Waals surface area contributed by atoms with E-state index in [1.807, 2.05) is 48.5 Å². The molecule has 0 aliphatic rings. The van der Waals surface area contributed by atoms with Crippen LogP contribution in [0.3, 0.4) is 0 Å². The Morgan fingerprint density at radius 1 is 1.05 bits per heavy atom. The number of ether oxygens (including phenoxy) is 2. The van der Waals surface area contributed by atoms with Gasteiger partial charge in [0, 0.05) is 5.69 Å². The maximum absolute atomic E-state index is 12.6. The van der Waals surface area contributed by atoms with Gasteiger partial charge in [-0.25, -0.2) is 9.78 Å². The molecule has 1 heterocycles. The molecule has 10 heteroatoms. The normalized spacial score (nSPS) is 11.6. The van der Waals surface area contributed by atoms with Gasteiger partial charge in [0.1, 0.15) is 11.4 Å². The fourth-order valence-electron chi connectivity index (χ4n) is 3.20. The third-order valence-corrected chi connectivity index (χ3v) is 10.8. The van der Waals surface area contributed by atoms with Crippen molar-refractivity contribution < 1.29 is 18.7 Å². The van der Waals surface area contributed by atoms with E-state index >= 15 is 0 Å². The van der Waals surface area contributed by atoms with Crippen molar-refractivity contribution in [1.82, 2.24) is 9.97 Å². The summed E-state index contributed by atoms with van der Waals surface area (Å²) in [6.07, 6.45) is 0. The number of anilines is 5. The minimum Gasteiger partial charge on any atom is -0.495 e. The lowest BCUT2D eigenvalue weighted by molar-refractivity contribution is 0.0521. The number of methoxy groups -OCH3 is 1. The van der Waals surface area contributed by atoms with Gasteiger partial charge >= 0.3 is 5.97 Å². The lowest BCUT2D eigenvalue weighted by Crippen LogP contribution is -2.40. The molecular formula is C27H37N5O4Si. The molecule has 0 spiro atoms. The number of hydrogen-bond donors (Lipinski definition) is 3. The van der Waals surface area contributed by atoms with Crippen molar-refractivity contribution in [2.24, 2.45) is 0 Å². The Hall–Kier alpha value is -3.63. The number of benzene rings is 2. The average Bonchev–Trinajstić information content (AvgIpc) is 2.84. The molecule has 0 fully saturated rings. The number of carbonyl (C=O) groups excluding carboxylic acids is 1. The van der Waals surface area contributed by atoms with Gasteiger partial charge in [0.05, 0.1) is 26.0 Å². The van der Waals surface area contributed by atoms with Crippen LogP contribution in [0.5, 0.6) is 5.75 Å². The summed E-state index contributed by atoms with van der Waals surface area (Å²) in [6, 6.07) is 15.2. The second kappa shape index (κ2) is 11.6. The first-order chi connectivity index (χ1) is 17.4. The summed E-state index contributed by atoms with van der Waals surface area (Å²) in [5, 5.41) is 6.46. The van der Waals surface area contributed by atoms with Crippen LogP contribution in [0.25, 0.3) is 0 Å².